The maximum Gasteiger partial charge on any atom is 0.331 e. The van der Waals surface area contributed by atoms with Gasteiger partial charge in [-0.2, -0.15) is 0 Å². The van der Waals surface area contributed by atoms with Gasteiger partial charge in [0.15, 0.2) is 0 Å². The highest BCUT2D eigenvalue weighted by atomic mass is 16.5. The van der Waals surface area contributed by atoms with Crippen LogP contribution in [-0.2, 0) is 14.3 Å². The third-order valence-electron chi connectivity index (χ3n) is 1.64. The van der Waals surface area contributed by atoms with E-state index in [1.54, 1.807) is 6.92 Å². The number of unbranched alkanes of at least 4 members (excludes halogenated alkanes) is 1. The number of hydrogen-bond acceptors (Lipinski definition) is 3. The first-order valence-electron chi connectivity index (χ1n) is 4.68. The summed E-state index contributed by atoms with van der Waals surface area (Å²) >= 11 is 0. The summed E-state index contributed by atoms with van der Waals surface area (Å²) in [5.41, 5.74) is 0. The molecule has 0 aliphatic heterocycles. The zero-order valence-corrected chi connectivity index (χ0v) is 8.53. The minimum atomic E-state index is -1.15. The Morgan fingerprint density at radius 1 is 1.43 bits per heavy atom. The van der Waals surface area contributed by atoms with E-state index in [-0.39, 0.29) is 6.10 Å². The first-order valence-corrected chi connectivity index (χ1v) is 4.68. The Hall–Kier alpha value is -1.32. The van der Waals surface area contributed by atoms with Crippen LogP contribution in [0.1, 0.15) is 33.1 Å². The van der Waals surface area contributed by atoms with Gasteiger partial charge in [-0.15, -0.1) is 0 Å². The summed E-state index contributed by atoms with van der Waals surface area (Å²) in [5, 5.41) is 8.24. The fraction of sp³-hybridized carbons (Fsp3) is 0.600. The van der Waals surface area contributed by atoms with E-state index in [9.17, 15) is 9.59 Å². The van der Waals surface area contributed by atoms with Crippen molar-refractivity contribution >= 4 is 11.9 Å². The maximum absolute atomic E-state index is 10.9. The number of ether oxygens (including phenoxy) is 1. The zero-order valence-electron chi connectivity index (χ0n) is 8.53. The Morgan fingerprint density at radius 3 is 2.57 bits per heavy atom. The van der Waals surface area contributed by atoms with Gasteiger partial charge in [0.2, 0.25) is 0 Å². The molecule has 0 saturated heterocycles. The molecule has 0 radical (unpaired) electrons. The van der Waals surface area contributed by atoms with Crippen LogP contribution in [0, 0.1) is 0 Å². The molecule has 14 heavy (non-hydrogen) atoms. The van der Waals surface area contributed by atoms with Crippen LogP contribution >= 0.6 is 0 Å². The average molecular weight is 200 g/mol. The van der Waals surface area contributed by atoms with Gasteiger partial charge in [0.05, 0.1) is 6.10 Å². The Balaban J connectivity index is 3.76. The highest BCUT2D eigenvalue weighted by Crippen LogP contribution is 2.04. The molecule has 0 fully saturated rings. The van der Waals surface area contributed by atoms with Crippen LogP contribution in [0.25, 0.3) is 0 Å². The third-order valence-corrected chi connectivity index (χ3v) is 1.64. The van der Waals surface area contributed by atoms with Gasteiger partial charge >= 0.3 is 11.9 Å². The molecule has 0 aliphatic carbocycles. The average Bonchev–Trinajstić information content (AvgIpc) is 2.11. The predicted molar refractivity (Wildman–Crippen MR) is 51.9 cm³/mol. The molecular formula is C10H16O4. The standard InChI is InChI=1S/C10H16O4/c1-3-4-5-8(2)14-10(13)7-6-9(11)12/h6-8H,3-5H2,1-2H3,(H,11,12)/b7-6+. The quantitative estimate of drug-likeness (QED) is 0.524. The molecule has 0 heterocycles. The number of esters is 1. The molecule has 1 unspecified atom stereocenters. The van der Waals surface area contributed by atoms with Gasteiger partial charge in [0, 0.05) is 12.2 Å². The molecule has 0 amide bonds. The molecule has 0 aromatic heterocycles. The molecule has 4 nitrogen and oxygen atoms in total. The summed E-state index contributed by atoms with van der Waals surface area (Å²) in [6.45, 7) is 3.85. The summed E-state index contributed by atoms with van der Waals surface area (Å²) in [7, 11) is 0. The van der Waals surface area contributed by atoms with Gasteiger partial charge in [-0.3, -0.25) is 0 Å². The van der Waals surface area contributed by atoms with Crippen LogP contribution in [0.4, 0.5) is 0 Å². The highest BCUT2D eigenvalue weighted by molar-refractivity contribution is 5.90. The van der Waals surface area contributed by atoms with Crippen LogP contribution in [0.5, 0.6) is 0 Å². The first kappa shape index (κ1) is 12.7. The SMILES string of the molecule is CCCCC(C)OC(=O)/C=C/C(=O)O. The van der Waals surface area contributed by atoms with Crippen LogP contribution in [0.2, 0.25) is 0 Å². The minimum Gasteiger partial charge on any atom is -0.478 e. The van der Waals surface area contributed by atoms with Crippen LogP contribution in [0.3, 0.4) is 0 Å². The van der Waals surface area contributed by atoms with Crippen molar-refractivity contribution in [3.63, 3.8) is 0 Å². The number of aliphatic carboxylic acids is 1. The van der Waals surface area contributed by atoms with Crippen molar-refractivity contribution in [3.8, 4) is 0 Å². The maximum atomic E-state index is 10.9. The fourth-order valence-electron chi connectivity index (χ4n) is 0.927. The molecule has 0 spiro atoms. The van der Waals surface area contributed by atoms with E-state index in [1.165, 1.54) is 0 Å². The Labute approximate surface area is 83.6 Å². The number of carbonyl (C=O) groups is 2. The van der Waals surface area contributed by atoms with Crippen molar-refractivity contribution in [3.05, 3.63) is 12.2 Å². The molecule has 80 valence electrons. The van der Waals surface area contributed by atoms with Gasteiger partial charge in [-0.1, -0.05) is 19.8 Å². The van der Waals surface area contributed by atoms with Gasteiger partial charge in [-0.05, 0) is 13.3 Å². The van der Waals surface area contributed by atoms with Crippen molar-refractivity contribution in [1.29, 1.82) is 0 Å². The number of carbonyl (C=O) groups excluding carboxylic acids is 1. The third kappa shape index (κ3) is 7.34. The van der Waals surface area contributed by atoms with E-state index in [1.807, 2.05) is 0 Å². The van der Waals surface area contributed by atoms with Gasteiger partial charge < -0.3 is 9.84 Å². The topological polar surface area (TPSA) is 63.6 Å². The normalized spacial score (nSPS) is 12.7. The molecule has 1 atom stereocenters. The molecular weight excluding hydrogens is 184 g/mol. The van der Waals surface area contributed by atoms with E-state index in [0.717, 1.165) is 31.4 Å². The predicted octanol–water partition coefficient (Wildman–Crippen LogP) is 1.75. The van der Waals surface area contributed by atoms with Gasteiger partial charge in [0.1, 0.15) is 0 Å². The summed E-state index contributed by atoms with van der Waals surface area (Å²) in [5.74, 6) is -1.75. The Kier molecular flexibility index (Phi) is 6.45. The summed E-state index contributed by atoms with van der Waals surface area (Å²) in [6, 6.07) is 0. The highest BCUT2D eigenvalue weighted by Gasteiger charge is 2.05. The number of hydrogen-bond donors (Lipinski definition) is 1. The largest absolute Gasteiger partial charge is 0.478 e. The van der Waals surface area contributed by atoms with E-state index in [2.05, 4.69) is 6.92 Å². The van der Waals surface area contributed by atoms with Crippen molar-refractivity contribution in [2.75, 3.05) is 0 Å². The van der Waals surface area contributed by atoms with E-state index in [4.69, 9.17) is 9.84 Å². The fourth-order valence-corrected chi connectivity index (χ4v) is 0.927. The Morgan fingerprint density at radius 2 is 2.07 bits per heavy atom. The van der Waals surface area contributed by atoms with Crippen molar-refractivity contribution in [2.24, 2.45) is 0 Å². The molecule has 4 heteroatoms. The lowest BCUT2D eigenvalue weighted by atomic mass is 10.2. The second kappa shape index (κ2) is 7.12. The molecule has 0 aliphatic rings. The van der Waals surface area contributed by atoms with E-state index >= 15 is 0 Å². The first-order chi connectivity index (χ1) is 6.56. The van der Waals surface area contributed by atoms with Crippen LogP contribution in [0.15, 0.2) is 12.2 Å². The Bertz CT molecular complexity index is 220. The minimum absolute atomic E-state index is 0.152. The van der Waals surface area contributed by atoms with Crippen molar-refractivity contribution < 1.29 is 19.4 Å². The monoisotopic (exact) mass is 200 g/mol. The number of rotatable bonds is 6. The van der Waals surface area contributed by atoms with Gasteiger partial charge in [-0.25, -0.2) is 9.59 Å². The van der Waals surface area contributed by atoms with Crippen molar-refractivity contribution in [1.82, 2.24) is 0 Å². The summed E-state index contributed by atoms with van der Waals surface area (Å²) in [6.07, 6.45) is 4.40. The molecule has 0 saturated carbocycles. The number of carboxylic acid groups (broad SMARTS) is 1. The van der Waals surface area contributed by atoms with Crippen LogP contribution in [-0.4, -0.2) is 23.1 Å². The zero-order chi connectivity index (χ0) is 11.0. The second-order valence-corrected chi connectivity index (χ2v) is 3.06. The lowest BCUT2D eigenvalue weighted by Gasteiger charge is -2.10. The molecule has 0 bridgehead atoms. The molecule has 1 N–H and O–H groups in total. The molecule has 0 aromatic rings. The van der Waals surface area contributed by atoms with Gasteiger partial charge in [0.25, 0.3) is 0 Å². The van der Waals surface area contributed by atoms with E-state index in [0.29, 0.717) is 0 Å². The van der Waals surface area contributed by atoms with Crippen LogP contribution < -0.4 is 0 Å². The van der Waals surface area contributed by atoms with Crippen molar-refractivity contribution in [2.45, 2.75) is 39.2 Å². The van der Waals surface area contributed by atoms with E-state index < -0.39 is 11.9 Å². The summed E-state index contributed by atoms with van der Waals surface area (Å²) < 4.78 is 4.91. The second-order valence-electron chi connectivity index (χ2n) is 3.06. The lowest BCUT2D eigenvalue weighted by molar-refractivity contribution is -0.143. The summed E-state index contributed by atoms with van der Waals surface area (Å²) in [4.78, 5) is 21.0. The lowest BCUT2D eigenvalue weighted by Crippen LogP contribution is -2.13. The smallest absolute Gasteiger partial charge is 0.331 e. The molecule has 0 aromatic carbocycles. The molecule has 0 rings (SSSR count). The number of carboxylic acids is 1.